The van der Waals surface area contributed by atoms with Gasteiger partial charge in [0.15, 0.2) is 0 Å². The summed E-state index contributed by atoms with van der Waals surface area (Å²) in [7, 11) is 1.85. The van der Waals surface area contributed by atoms with Gasteiger partial charge in [-0.05, 0) is 24.6 Å². The van der Waals surface area contributed by atoms with Gasteiger partial charge >= 0.3 is 5.69 Å². The van der Waals surface area contributed by atoms with Crippen molar-refractivity contribution in [1.82, 2.24) is 19.3 Å². The van der Waals surface area contributed by atoms with Crippen molar-refractivity contribution in [2.45, 2.75) is 19.9 Å². The van der Waals surface area contributed by atoms with Gasteiger partial charge in [0.2, 0.25) is 0 Å². The molecule has 3 rings (SSSR count). The van der Waals surface area contributed by atoms with E-state index in [0.717, 1.165) is 17.7 Å². The third-order valence-corrected chi connectivity index (χ3v) is 3.55. The normalized spacial score (nSPS) is 11.1. The minimum atomic E-state index is -0.359. The maximum atomic E-state index is 12.5. The van der Waals surface area contributed by atoms with Gasteiger partial charge in [-0.15, -0.1) is 0 Å². The standard InChI is InChI=1S/C15H16N4O2/c1-3-8-19-14(20)11-9-10(13-6-7-16-18(13)2)4-5-12(11)17-15(19)21/h4-7,9H,3,8H2,1-2H3,(H,17,21). The third kappa shape index (κ3) is 2.18. The van der Waals surface area contributed by atoms with Crippen LogP contribution in [-0.2, 0) is 13.6 Å². The Bertz CT molecular complexity index is 917. The van der Waals surface area contributed by atoms with E-state index in [4.69, 9.17) is 0 Å². The molecule has 21 heavy (non-hydrogen) atoms. The van der Waals surface area contributed by atoms with Gasteiger partial charge in [0.05, 0.1) is 16.6 Å². The van der Waals surface area contributed by atoms with E-state index >= 15 is 0 Å². The van der Waals surface area contributed by atoms with Crippen molar-refractivity contribution in [2.75, 3.05) is 0 Å². The number of hydrogen-bond donors (Lipinski definition) is 1. The van der Waals surface area contributed by atoms with Crippen molar-refractivity contribution < 1.29 is 0 Å². The zero-order valence-corrected chi connectivity index (χ0v) is 12.0. The Labute approximate surface area is 120 Å². The fraction of sp³-hybridized carbons (Fsp3) is 0.267. The first-order chi connectivity index (χ1) is 10.1. The Hall–Kier alpha value is -2.63. The number of nitrogens with zero attached hydrogens (tertiary/aromatic N) is 3. The van der Waals surface area contributed by atoms with Crippen LogP contribution in [0.4, 0.5) is 0 Å². The Kier molecular flexibility index (Phi) is 3.21. The summed E-state index contributed by atoms with van der Waals surface area (Å²) in [6.45, 7) is 2.35. The maximum Gasteiger partial charge on any atom is 0.328 e. The topological polar surface area (TPSA) is 72.7 Å². The SMILES string of the molecule is CCCn1c(=O)[nH]c2ccc(-c3ccnn3C)cc2c1=O. The lowest BCUT2D eigenvalue weighted by atomic mass is 10.1. The predicted octanol–water partition coefficient (Wildman–Crippen LogP) is 1.50. The van der Waals surface area contributed by atoms with Gasteiger partial charge in [-0.1, -0.05) is 13.0 Å². The van der Waals surface area contributed by atoms with Crippen molar-refractivity contribution in [2.24, 2.45) is 7.05 Å². The summed E-state index contributed by atoms with van der Waals surface area (Å²) in [4.78, 5) is 27.1. The average molecular weight is 284 g/mol. The summed E-state index contributed by atoms with van der Waals surface area (Å²) in [5.74, 6) is 0. The first-order valence-corrected chi connectivity index (χ1v) is 6.87. The zero-order valence-electron chi connectivity index (χ0n) is 12.0. The van der Waals surface area contributed by atoms with E-state index in [-0.39, 0.29) is 11.2 Å². The second-order valence-corrected chi connectivity index (χ2v) is 4.99. The van der Waals surface area contributed by atoms with E-state index in [2.05, 4.69) is 10.1 Å². The molecule has 0 saturated heterocycles. The molecule has 0 aliphatic rings. The van der Waals surface area contributed by atoms with Gasteiger partial charge in [0, 0.05) is 25.4 Å². The summed E-state index contributed by atoms with van der Waals surface area (Å²) < 4.78 is 2.99. The molecule has 2 aromatic heterocycles. The number of aromatic amines is 1. The van der Waals surface area contributed by atoms with Crippen molar-refractivity contribution in [3.63, 3.8) is 0 Å². The maximum absolute atomic E-state index is 12.5. The molecule has 0 atom stereocenters. The van der Waals surface area contributed by atoms with Crippen LogP contribution in [0.3, 0.4) is 0 Å². The van der Waals surface area contributed by atoms with E-state index in [1.807, 2.05) is 26.1 Å². The molecule has 2 heterocycles. The number of nitrogens with one attached hydrogen (secondary N) is 1. The number of rotatable bonds is 3. The number of fused-ring (bicyclic) bond motifs is 1. The van der Waals surface area contributed by atoms with Crippen LogP contribution >= 0.6 is 0 Å². The molecule has 0 radical (unpaired) electrons. The lowest BCUT2D eigenvalue weighted by Gasteiger charge is -2.07. The van der Waals surface area contributed by atoms with Crippen LogP contribution in [0.25, 0.3) is 22.2 Å². The van der Waals surface area contributed by atoms with Gasteiger partial charge in [-0.3, -0.25) is 14.0 Å². The van der Waals surface area contributed by atoms with Crippen LogP contribution in [0, 0.1) is 0 Å². The number of hydrogen-bond acceptors (Lipinski definition) is 3. The highest BCUT2D eigenvalue weighted by molar-refractivity contribution is 5.82. The highest BCUT2D eigenvalue weighted by atomic mass is 16.2. The minimum Gasteiger partial charge on any atom is -0.307 e. The molecule has 1 aromatic carbocycles. The minimum absolute atomic E-state index is 0.250. The highest BCUT2D eigenvalue weighted by Gasteiger charge is 2.09. The van der Waals surface area contributed by atoms with Crippen LogP contribution in [0.15, 0.2) is 40.1 Å². The lowest BCUT2D eigenvalue weighted by Crippen LogP contribution is -2.34. The molecule has 0 aliphatic carbocycles. The van der Waals surface area contributed by atoms with Crippen LogP contribution in [0.1, 0.15) is 13.3 Å². The van der Waals surface area contributed by atoms with Crippen LogP contribution in [0.5, 0.6) is 0 Å². The van der Waals surface area contributed by atoms with Crippen molar-refractivity contribution in [3.8, 4) is 11.3 Å². The summed E-state index contributed by atoms with van der Waals surface area (Å²) in [6.07, 6.45) is 2.44. The van der Waals surface area contributed by atoms with Gasteiger partial charge in [0.1, 0.15) is 0 Å². The van der Waals surface area contributed by atoms with Gasteiger partial charge < -0.3 is 4.98 Å². The van der Waals surface area contributed by atoms with Crippen molar-refractivity contribution in [1.29, 1.82) is 0 Å². The van der Waals surface area contributed by atoms with Crippen molar-refractivity contribution >= 4 is 10.9 Å². The molecular weight excluding hydrogens is 268 g/mol. The smallest absolute Gasteiger partial charge is 0.307 e. The number of aromatic nitrogens is 4. The number of benzene rings is 1. The molecule has 6 nitrogen and oxygen atoms in total. The molecule has 0 bridgehead atoms. The third-order valence-electron chi connectivity index (χ3n) is 3.55. The van der Waals surface area contributed by atoms with Crippen LogP contribution < -0.4 is 11.2 Å². The average Bonchev–Trinajstić information content (AvgIpc) is 2.89. The van der Waals surface area contributed by atoms with E-state index in [1.54, 1.807) is 23.0 Å². The van der Waals surface area contributed by atoms with Crippen LogP contribution in [-0.4, -0.2) is 19.3 Å². The Morgan fingerprint density at radius 2 is 2.05 bits per heavy atom. The number of aryl methyl sites for hydroxylation is 1. The first kappa shape index (κ1) is 13.4. The highest BCUT2D eigenvalue weighted by Crippen LogP contribution is 2.20. The molecule has 6 heteroatoms. The van der Waals surface area contributed by atoms with Crippen molar-refractivity contribution in [3.05, 3.63) is 51.3 Å². The molecule has 0 spiro atoms. The molecule has 0 aliphatic heterocycles. The zero-order chi connectivity index (χ0) is 15.0. The van der Waals surface area contributed by atoms with E-state index in [1.165, 1.54) is 4.57 Å². The van der Waals surface area contributed by atoms with E-state index in [0.29, 0.717) is 17.4 Å². The van der Waals surface area contributed by atoms with E-state index in [9.17, 15) is 9.59 Å². The fourth-order valence-electron chi connectivity index (χ4n) is 2.49. The summed E-state index contributed by atoms with van der Waals surface area (Å²) >= 11 is 0. The molecule has 3 aromatic rings. The molecule has 0 unspecified atom stereocenters. The van der Waals surface area contributed by atoms with Gasteiger partial charge in [-0.2, -0.15) is 5.10 Å². The summed E-state index contributed by atoms with van der Waals surface area (Å²) in [5.41, 5.74) is 1.77. The van der Waals surface area contributed by atoms with Crippen LogP contribution in [0.2, 0.25) is 0 Å². The second kappa shape index (κ2) is 5.05. The first-order valence-electron chi connectivity index (χ1n) is 6.87. The predicted molar refractivity (Wildman–Crippen MR) is 81.3 cm³/mol. The summed E-state index contributed by atoms with van der Waals surface area (Å²) in [5, 5.41) is 4.65. The largest absolute Gasteiger partial charge is 0.328 e. The van der Waals surface area contributed by atoms with Gasteiger partial charge in [-0.25, -0.2) is 4.79 Å². The lowest BCUT2D eigenvalue weighted by molar-refractivity contribution is 0.623. The quantitative estimate of drug-likeness (QED) is 0.792. The molecule has 0 saturated carbocycles. The monoisotopic (exact) mass is 284 g/mol. The van der Waals surface area contributed by atoms with Gasteiger partial charge in [0.25, 0.3) is 5.56 Å². The molecule has 1 N–H and O–H groups in total. The molecule has 0 fully saturated rings. The summed E-state index contributed by atoms with van der Waals surface area (Å²) in [6, 6.07) is 7.32. The molecular formula is C15H16N4O2. The Morgan fingerprint density at radius 3 is 2.71 bits per heavy atom. The van der Waals surface area contributed by atoms with E-state index < -0.39 is 0 Å². The Morgan fingerprint density at radius 1 is 1.24 bits per heavy atom. The molecule has 0 amide bonds. The number of H-pyrrole nitrogens is 1. The Balaban J connectivity index is 2.28. The molecule has 108 valence electrons. The second-order valence-electron chi connectivity index (χ2n) is 4.99. The fourth-order valence-corrected chi connectivity index (χ4v) is 2.49.